The maximum atomic E-state index is 12.5. The number of fused-ring (bicyclic) bond motifs is 1. The van der Waals surface area contributed by atoms with Crippen molar-refractivity contribution >= 4 is 5.91 Å². The lowest BCUT2D eigenvalue weighted by Gasteiger charge is -2.26. The fourth-order valence-corrected chi connectivity index (χ4v) is 2.47. The van der Waals surface area contributed by atoms with Crippen LogP contribution in [-0.2, 0) is 13.0 Å². The summed E-state index contributed by atoms with van der Waals surface area (Å²) in [7, 11) is 0. The topological polar surface area (TPSA) is 69.0 Å². The Bertz CT molecular complexity index is 684. The van der Waals surface area contributed by atoms with Gasteiger partial charge in [0.15, 0.2) is 0 Å². The molecule has 2 heterocycles. The number of benzene rings is 1. The highest BCUT2D eigenvalue weighted by atomic mass is 16.2. The number of aromatic amines is 2. The largest absolute Gasteiger partial charge is 0.334 e. The van der Waals surface area contributed by atoms with Gasteiger partial charge in [-0.1, -0.05) is 18.2 Å². The number of rotatable bonds is 1. The lowest BCUT2D eigenvalue weighted by Crippen LogP contribution is -2.37. The molecule has 0 radical (unpaired) electrons. The molecule has 2 aromatic rings. The minimum absolute atomic E-state index is 0.00986. The summed E-state index contributed by atoms with van der Waals surface area (Å²) in [6.45, 7) is 2.93. The van der Waals surface area contributed by atoms with Crippen LogP contribution in [0.1, 0.15) is 27.2 Å². The molecule has 0 saturated carbocycles. The maximum Gasteiger partial charge on any atom is 0.269 e. The van der Waals surface area contributed by atoms with Gasteiger partial charge in [-0.25, -0.2) is 0 Å². The molecule has 0 bridgehead atoms. The number of nitrogens with zero attached hydrogens (tertiary/aromatic N) is 1. The Labute approximate surface area is 110 Å². The van der Waals surface area contributed by atoms with Gasteiger partial charge in [-0.05, 0) is 18.6 Å². The first kappa shape index (κ1) is 11.8. The summed E-state index contributed by atoms with van der Waals surface area (Å²) < 4.78 is 0. The molecule has 1 aromatic carbocycles. The third-order valence-electron chi connectivity index (χ3n) is 3.61. The normalized spacial score (nSPS) is 14.3. The Morgan fingerprint density at radius 1 is 1.26 bits per heavy atom. The minimum Gasteiger partial charge on any atom is -0.334 e. The van der Waals surface area contributed by atoms with E-state index < -0.39 is 0 Å². The molecular formula is C14H15N3O2. The Morgan fingerprint density at radius 3 is 2.84 bits per heavy atom. The minimum atomic E-state index is -0.128. The molecule has 1 amide bonds. The number of hydrogen-bond donors (Lipinski definition) is 2. The monoisotopic (exact) mass is 257 g/mol. The standard InChI is InChI=1S/C14H15N3O2/c1-9-4-2-3-5-10(9)14(19)17-7-6-12-11(8-17)13(18)16-15-12/h2-5H,6-8H2,1H3,(H2,15,16,18). The second-order valence-corrected chi connectivity index (χ2v) is 4.83. The summed E-state index contributed by atoms with van der Waals surface area (Å²) in [5.74, 6) is -0.00986. The van der Waals surface area contributed by atoms with E-state index in [2.05, 4.69) is 10.2 Å². The maximum absolute atomic E-state index is 12.5. The van der Waals surface area contributed by atoms with Crippen molar-refractivity contribution in [1.29, 1.82) is 0 Å². The number of aromatic nitrogens is 2. The van der Waals surface area contributed by atoms with E-state index in [0.29, 0.717) is 30.6 Å². The number of hydrogen-bond acceptors (Lipinski definition) is 2. The summed E-state index contributed by atoms with van der Waals surface area (Å²) in [6, 6.07) is 7.52. The average molecular weight is 257 g/mol. The average Bonchev–Trinajstić information content (AvgIpc) is 2.80. The van der Waals surface area contributed by atoms with Crippen molar-refractivity contribution in [3.05, 3.63) is 57.0 Å². The zero-order chi connectivity index (χ0) is 13.4. The highest BCUT2D eigenvalue weighted by molar-refractivity contribution is 5.95. The molecule has 2 N–H and O–H groups in total. The summed E-state index contributed by atoms with van der Waals surface area (Å²) in [5.41, 5.74) is 3.13. The molecule has 0 atom stereocenters. The second-order valence-electron chi connectivity index (χ2n) is 4.83. The van der Waals surface area contributed by atoms with Crippen LogP contribution < -0.4 is 5.56 Å². The predicted octanol–water partition coefficient (Wildman–Crippen LogP) is 1.21. The quantitative estimate of drug-likeness (QED) is 0.806. The summed E-state index contributed by atoms with van der Waals surface area (Å²) in [5, 5.41) is 5.43. The number of aryl methyl sites for hydroxylation is 1. The van der Waals surface area contributed by atoms with Crippen LogP contribution in [0.15, 0.2) is 29.1 Å². The molecule has 0 fully saturated rings. The Morgan fingerprint density at radius 2 is 2.05 bits per heavy atom. The molecule has 5 nitrogen and oxygen atoms in total. The van der Waals surface area contributed by atoms with E-state index in [1.165, 1.54) is 0 Å². The number of H-pyrrole nitrogens is 2. The van der Waals surface area contributed by atoms with Gasteiger partial charge < -0.3 is 10.00 Å². The first-order valence-corrected chi connectivity index (χ1v) is 6.30. The predicted molar refractivity (Wildman–Crippen MR) is 71.0 cm³/mol. The molecule has 19 heavy (non-hydrogen) atoms. The highest BCUT2D eigenvalue weighted by Gasteiger charge is 2.25. The lowest BCUT2D eigenvalue weighted by atomic mass is 10.0. The van der Waals surface area contributed by atoms with Crippen LogP contribution in [-0.4, -0.2) is 27.5 Å². The second kappa shape index (κ2) is 4.42. The van der Waals surface area contributed by atoms with Gasteiger partial charge in [-0.3, -0.25) is 14.7 Å². The zero-order valence-electron chi connectivity index (χ0n) is 10.7. The van der Waals surface area contributed by atoms with Gasteiger partial charge in [0.1, 0.15) is 0 Å². The molecule has 1 aliphatic heterocycles. The number of amides is 1. The number of carbonyl (C=O) groups is 1. The summed E-state index contributed by atoms with van der Waals surface area (Å²) >= 11 is 0. The smallest absolute Gasteiger partial charge is 0.269 e. The fraction of sp³-hybridized carbons (Fsp3) is 0.286. The Balaban J connectivity index is 1.89. The van der Waals surface area contributed by atoms with Gasteiger partial charge in [0.05, 0.1) is 12.1 Å². The van der Waals surface area contributed by atoms with Crippen LogP contribution in [0.4, 0.5) is 0 Å². The Hall–Kier alpha value is -2.30. The molecule has 0 spiro atoms. The van der Waals surface area contributed by atoms with Crippen molar-refractivity contribution in [3.63, 3.8) is 0 Å². The van der Waals surface area contributed by atoms with Crippen LogP contribution in [0.2, 0.25) is 0 Å². The van der Waals surface area contributed by atoms with Crippen LogP contribution in [0, 0.1) is 6.92 Å². The van der Waals surface area contributed by atoms with E-state index in [1.54, 1.807) is 4.90 Å². The first-order chi connectivity index (χ1) is 9.16. The summed E-state index contributed by atoms with van der Waals surface area (Å²) in [4.78, 5) is 25.8. The number of nitrogens with one attached hydrogen (secondary N) is 2. The molecular weight excluding hydrogens is 242 g/mol. The van der Waals surface area contributed by atoms with Gasteiger partial charge in [0.25, 0.3) is 11.5 Å². The van der Waals surface area contributed by atoms with Gasteiger partial charge in [-0.15, -0.1) is 0 Å². The molecule has 0 saturated heterocycles. The van der Waals surface area contributed by atoms with E-state index in [1.807, 2.05) is 31.2 Å². The van der Waals surface area contributed by atoms with Crippen LogP contribution in [0.25, 0.3) is 0 Å². The van der Waals surface area contributed by atoms with E-state index >= 15 is 0 Å². The van der Waals surface area contributed by atoms with Gasteiger partial charge in [-0.2, -0.15) is 0 Å². The van der Waals surface area contributed by atoms with Gasteiger partial charge >= 0.3 is 0 Å². The first-order valence-electron chi connectivity index (χ1n) is 6.30. The molecule has 0 unspecified atom stereocenters. The van der Waals surface area contributed by atoms with Crippen molar-refractivity contribution in [1.82, 2.24) is 15.1 Å². The number of carbonyl (C=O) groups excluding carboxylic acids is 1. The van der Waals surface area contributed by atoms with Crippen LogP contribution in [0.3, 0.4) is 0 Å². The molecule has 1 aromatic heterocycles. The lowest BCUT2D eigenvalue weighted by molar-refractivity contribution is 0.0733. The fourth-order valence-electron chi connectivity index (χ4n) is 2.47. The van der Waals surface area contributed by atoms with Crippen molar-refractivity contribution in [2.75, 3.05) is 6.54 Å². The van der Waals surface area contributed by atoms with Gasteiger partial charge in [0.2, 0.25) is 0 Å². The molecule has 1 aliphatic rings. The Kier molecular flexibility index (Phi) is 2.74. The van der Waals surface area contributed by atoms with Crippen molar-refractivity contribution in [2.24, 2.45) is 0 Å². The summed E-state index contributed by atoms with van der Waals surface area (Å²) in [6.07, 6.45) is 0.686. The molecule has 3 rings (SSSR count). The van der Waals surface area contributed by atoms with Crippen LogP contribution >= 0.6 is 0 Å². The van der Waals surface area contributed by atoms with E-state index in [4.69, 9.17) is 0 Å². The zero-order valence-corrected chi connectivity index (χ0v) is 10.7. The molecule has 98 valence electrons. The third-order valence-corrected chi connectivity index (χ3v) is 3.61. The molecule has 5 heteroatoms. The van der Waals surface area contributed by atoms with Gasteiger partial charge in [0, 0.05) is 24.2 Å². The van der Waals surface area contributed by atoms with Crippen molar-refractivity contribution in [3.8, 4) is 0 Å². The van der Waals surface area contributed by atoms with E-state index in [-0.39, 0.29) is 11.5 Å². The highest BCUT2D eigenvalue weighted by Crippen LogP contribution is 2.17. The van der Waals surface area contributed by atoms with Crippen LogP contribution in [0.5, 0.6) is 0 Å². The van der Waals surface area contributed by atoms with Crippen molar-refractivity contribution in [2.45, 2.75) is 19.9 Å². The van der Waals surface area contributed by atoms with Crippen molar-refractivity contribution < 1.29 is 4.79 Å². The third kappa shape index (κ3) is 1.97. The SMILES string of the molecule is Cc1ccccc1C(=O)N1CCc2[nH][nH]c(=O)c2C1. The van der Waals surface area contributed by atoms with E-state index in [9.17, 15) is 9.59 Å². The van der Waals surface area contributed by atoms with E-state index in [0.717, 1.165) is 11.3 Å². The molecule has 0 aliphatic carbocycles.